The molecule has 0 N–H and O–H groups in total. The average molecular weight is 321 g/mol. The second-order valence-electron chi connectivity index (χ2n) is 4.64. The Bertz CT molecular complexity index is 674. The van der Waals surface area contributed by atoms with Crippen LogP contribution in [0, 0.1) is 11.6 Å². The molecule has 0 saturated heterocycles. The standard InChI is InChI=1S/C16H11BrF2/c17-14-5-3-11-7-10(1-2-12(11)8-14)13-4-6-15(18)16(19)9-13/h3-9H,1-2H2. The maximum absolute atomic E-state index is 13.3. The fraction of sp³-hybridized carbons (Fsp3) is 0.125. The van der Waals surface area contributed by atoms with Crippen molar-refractivity contribution in [3.05, 3.63) is 69.2 Å². The van der Waals surface area contributed by atoms with Gasteiger partial charge >= 0.3 is 0 Å². The zero-order valence-electron chi connectivity index (χ0n) is 10.1. The van der Waals surface area contributed by atoms with Gasteiger partial charge in [-0.25, -0.2) is 8.78 Å². The summed E-state index contributed by atoms with van der Waals surface area (Å²) in [5, 5.41) is 0. The number of rotatable bonds is 1. The summed E-state index contributed by atoms with van der Waals surface area (Å²) in [5.74, 6) is -1.59. The second kappa shape index (κ2) is 4.89. The fourth-order valence-electron chi connectivity index (χ4n) is 2.38. The van der Waals surface area contributed by atoms with Crippen molar-refractivity contribution in [2.45, 2.75) is 12.8 Å². The number of allylic oxidation sites excluding steroid dienone is 1. The summed E-state index contributed by atoms with van der Waals surface area (Å²) < 4.78 is 27.3. The van der Waals surface area contributed by atoms with Crippen LogP contribution in [0.4, 0.5) is 8.78 Å². The summed E-state index contributed by atoms with van der Waals surface area (Å²) in [6, 6.07) is 10.2. The average Bonchev–Trinajstić information content (AvgIpc) is 2.41. The van der Waals surface area contributed by atoms with Crippen molar-refractivity contribution in [3.8, 4) is 0 Å². The molecule has 96 valence electrons. The van der Waals surface area contributed by atoms with Gasteiger partial charge in [0.05, 0.1) is 0 Å². The lowest BCUT2D eigenvalue weighted by molar-refractivity contribution is 0.508. The van der Waals surface area contributed by atoms with Crippen LogP contribution in [0.3, 0.4) is 0 Å². The lowest BCUT2D eigenvalue weighted by Gasteiger charge is -2.17. The summed E-state index contributed by atoms with van der Waals surface area (Å²) >= 11 is 3.46. The first-order valence-corrected chi connectivity index (χ1v) is 6.87. The van der Waals surface area contributed by atoms with E-state index in [0.717, 1.165) is 34.0 Å². The highest BCUT2D eigenvalue weighted by Gasteiger charge is 2.13. The Morgan fingerprint density at radius 1 is 0.895 bits per heavy atom. The SMILES string of the molecule is Fc1ccc(C2=Cc3ccc(Br)cc3CC2)cc1F. The minimum absolute atomic E-state index is 0.757. The van der Waals surface area contributed by atoms with Gasteiger partial charge in [-0.3, -0.25) is 0 Å². The van der Waals surface area contributed by atoms with E-state index in [2.05, 4.69) is 28.1 Å². The number of hydrogen-bond donors (Lipinski definition) is 0. The molecule has 0 saturated carbocycles. The lowest BCUT2D eigenvalue weighted by atomic mass is 9.89. The molecule has 0 atom stereocenters. The van der Waals surface area contributed by atoms with E-state index in [1.165, 1.54) is 17.7 Å². The Kier molecular flexibility index (Phi) is 3.23. The van der Waals surface area contributed by atoms with Gasteiger partial charge in [-0.15, -0.1) is 0 Å². The van der Waals surface area contributed by atoms with Gasteiger partial charge in [0.1, 0.15) is 0 Å². The third-order valence-corrected chi connectivity index (χ3v) is 3.88. The highest BCUT2D eigenvalue weighted by molar-refractivity contribution is 9.10. The van der Waals surface area contributed by atoms with Crippen LogP contribution in [-0.2, 0) is 6.42 Å². The molecule has 19 heavy (non-hydrogen) atoms. The summed E-state index contributed by atoms with van der Waals surface area (Å²) in [5.41, 5.74) is 4.23. The molecule has 0 heterocycles. The second-order valence-corrected chi connectivity index (χ2v) is 5.56. The molecule has 0 radical (unpaired) electrons. The van der Waals surface area contributed by atoms with Gasteiger partial charge in [0, 0.05) is 4.47 Å². The van der Waals surface area contributed by atoms with E-state index in [1.807, 2.05) is 12.1 Å². The minimum atomic E-state index is -0.801. The van der Waals surface area contributed by atoms with Crippen LogP contribution in [0.1, 0.15) is 23.1 Å². The molecule has 0 unspecified atom stereocenters. The Balaban J connectivity index is 2.03. The van der Waals surface area contributed by atoms with E-state index in [0.29, 0.717) is 0 Å². The summed E-state index contributed by atoms with van der Waals surface area (Å²) in [4.78, 5) is 0. The van der Waals surface area contributed by atoms with Crippen molar-refractivity contribution in [1.82, 2.24) is 0 Å². The van der Waals surface area contributed by atoms with E-state index in [1.54, 1.807) is 6.07 Å². The molecule has 1 aliphatic rings. The first kappa shape index (κ1) is 12.5. The predicted octanol–water partition coefficient (Wildman–Crippen LogP) is 5.21. The molecule has 1 aliphatic carbocycles. The topological polar surface area (TPSA) is 0 Å². The van der Waals surface area contributed by atoms with Crippen LogP contribution in [0.5, 0.6) is 0 Å². The third-order valence-electron chi connectivity index (χ3n) is 3.39. The third kappa shape index (κ3) is 2.47. The van der Waals surface area contributed by atoms with Crippen LogP contribution in [0.15, 0.2) is 40.9 Å². The zero-order chi connectivity index (χ0) is 13.4. The molecule has 0 fully saturated rings. The van der Waals surface area contributed by atoms with Gasteiger partial charge in [0.25, 0.3) is 0 Å². The Morgan fingerprint density at radius 3 is 2.53 bits per heavy atom. The highest BCUT2D eigenvalue weighted by Crippen LogP contribution is 2.32. The van der Waals surface area contributed by atoms with Crippen LogP contribution >= 0.6 is 15.9 Å². The van der Waals surface area contributed by atoms with Gasteiger partial charge in [0.2, 0.25) is 0 Å². The predicted molar refractivity (Wildman–Crippen MR) is 76.7 cm³/mol. The number of hydrogen-bond acceptors (Lipinski definition) is 0. The zero-order valence-corrected chi connectivity index (χ0v) is 11.7. The Labute approximate surface area is 118 Å². The molecular formula is C16H11BrF2. The Hall–Kier alpha value is -1.48. The van der Waals surface area contributed by atoms with Crippen molar-refractivity contribution >= 4 is 27.6 Å². The monoisotopic (exact) mass is 320 g/mol. The van der Waals surface area contributed by atoms with Crippen molar-refractivity contribution < 1.29 is 8.78 Å². The smallest absolute Gasteiger partial charge is 0.159 e. The molecule has 0 aliphatic heterocycles. The molecule has 3 heteroatoms. The van der Waals surface area contributed by atoms with E-state index in [-0.39, 0.29) is 0 Å². The molecular weight excluding hydrogens is 310 g/mol. The Morgan fingerprint density at radius 2 is 1.74 bits per heavy atom. The molecule has 2 aromatic rings. The van der Waals surface area contributed by atoms with E-state index >= 15 is 0 Å². The van der Waals surface area contributed by atoms with E-state index in [9.17, 15) is 8.78 Å². The lowest BCUT2D eigenvalue weighted by Crippen LogP contribution is -1.99. The number of halogens is 3. The highest BCUT2D eigenvalue weighted by atomic mass is 79.9. The van der Waals surface area contributed by atoms with Crippen molar-refractivity contribution in [2.75, 3.05) is 0 Å². The van der Waals surface area contributed by atoms with Crippen molar-refractivity contribution in [2.24, 2.45) is 0 Å². The van der Waals surface area contributed by atoms with Gasteiger partial charge in [-0.05, 0) is 59.4 Å². The van der Waals surface area contributed by atoms with Crippen LogP contribution in [0.2, 0.25) is 0 Å². The quantitative estimate of drug-likeness (QED) is 0.676. The molecule has 3 rings (SSSR count). The minimum Gasteiger partial charge on any atom is -0.204 e. The number of benzene rings is 2. The maximum atomic E-state index is 13.3. The first-order valence-electron chi connectivity index (χ1n) is 6.08. The summed E-state index contributed by atoms with van der Waals surface area (Å²) in [6.07, 6.45) is 3.81. The van der Waals surface area contributed by atoms with Gasteiger partial charge in [-0.1, -0.05) is 34.1 Å². The van der Waals surface area contributed by atoms with E-state index < -0.39 is 11.6 Å². The largest absolute Gasteiger partial charge is 0.204 e. The van der Waals surface area contributed by atoms with Gasteiger partial charge in [0.15, 0.2) is 11.6 Å². The maximum Gasteiger partial charge on any atom is 0.159 e. The molecule has 0 amide bonds. The summed E-state index contributed by atoms with van der Waals surface area (Å²) in [6.45, 7) is 0. The van der Waals surface area contributed by atoms with Crippen LogP contribution in [-0.4, -0.2) is 0 Å². The van der Waals surface area contributed by atoms with Crippen LogP contribution in [0.25, 0.3) is 11.6 Å². The molecule has 0 aromatic heterocycles. The van der Waals surface area contributed by atoms with E-state index in [4.69, 9.17) is 0 Å². The van der Waals surface area contributed by atoms with Crippen molar-refractivity contribution in [1.29, 1.82) is 0 Å². The number of aryl methyl sites for hydroxylation is 1. The van der Waals surface area contributed by atoms with Gasteiger partial charge in [-0.2, -0.15) is 0 Å². The first-order chi connectivity index (χ1) is 9.13. The molecule has 0 spiro atoms. The summed E-state index contributed by atoms with van der Waals surface area (Å²) in [7, 11) is 0. The molecule has 2 aromatic carbocycles. The molecule has 0 bridgehead atoms. The van der Waals surface area contributed by atoms with Crippen LogP contribution < -0.4 is 0 Å². The van der Waals surface area contributed by atoms with Crippen molar-refractivity contribution in [3.63, 3.8) is 0 Å². The molecule has 0 nitrogen and oxygen atoms in total. The fourth-order valence-corrected chi connectivity index (χ4v) is 2.79. The number of fused-ring (bicyclic) bond motifs is 1. The van der Waals surface area contributed by atoms with Gasteiger partial charge < -0.3 is 0 Å². The normalized spacial score (nSPS) is 13.9.